The Bertz CT molecular complexity index is 1610. The summed E-state index contributed by atoms with van der Waals surface area (Å²) >= 11 is 1.36. The second kappa shape index (κ2) is 12.4. The molecule has 0 saturated heterocycles. The van der Waals surface area contributed by atoms with Gasteiger partial charge < -0.3 is 9.47 Å². The number of thiazole rings is 1. The van der Waals surface area contributed by atoms with Gasteiger partial charge in [0.2, 0.25) is 0 Å². The molecule has 1 atom stereocenters. The van der Waals surface area contributed by atoms with Crippen molar-refractivity contribution in [2.45, 2.75) is 79.2 Å². The van der Waals surface area contributed by atoms with Crippen molar-refractivity contribution >= 4 is 23.4 Å². The van der Waals surface area contributed by atoms with E-state index in [2.05, 4.69) is 52.8 Å². The Morgan fingerprint density at radius 3 is 2.38 bits per heavy atom. The molecule has 6 nitrogen and oxygen atoms in total. The zero-order valence-corrected chi connectivity index (χ0v) is 25.6. The first-order valence-corrected chi connectivity index (χ1v) is 14.9. The van der Waals surface area contributed by atoms with Crippen molar-refractivity contribution in [3.05, 3.63) is 95.2 Å². The zero-order chi connectivity index (χ0) is 29.1. The van der Waals surface area contributed by atoms with Crippen LogP contribution in [0.15, 0.2) is 57.5 Å². The van der Waals surface area contributed by atoms with Gasteiger partial charge in [0.1, 0.15) is 5.75 Å². The third kappa shape index (κ3) is 5.71. The van der Waals surface area contributed by atoms with Gasteiger partial charge in [0.05, 0.1) is 35.6 Å². The highest BCUT2D eigenvalue weighted by Crippen LogP contribution is 2.34. The highest BCUT2D eigenvalue weighted by Gasteiger charge is 2.34. The molecule has 0 saturated carbocycles. The van der Waals surface area contributed by atoms with Gasteiger partial charge in [-0.1, -0.05) is 76.6 Å². The van der Waals surface area contributed by atoms with Crippen LogP contribution in [0.3, 0.4) is 0 Å². The monoisotopic (exact) mass is 560 g/mol. The van der Waals surface area contributed by atoms with E-state index in [0.29, 0.717) is 32.9 Å². The van der Waals surface area contributed by atoms with E-state index in [1.165, 1.54) is 16.9 Å². The minimum absolute atomic E-state index is 0.166. The minimum atomic E-state index is -0.608. The second-order valence-electron chi connectivity index (χ2n) is 10.8. The Labute approximate surface area is 240 Å². The number of hydrogen-bond donors (Lipinski definition) is 0. The number of allylic oxidation sites excluding steroid dienone is 1. The van der Waals surface area contributed by atoms with E-state index in [0.717, 1.165) is 34.4 Å². The Kier molecular flexibility index (Phi) is 9.14. The number of nitrogens with zero attached hydrogens (tertiary/aromatic N) is 2. The van der Waals surface area contributed by atoms with Gasteiger partial charge in [-0.15, -0.1) is 0 Å². The van der Waals surface area contributed by atoms with Gasteiger partial charge in [-0.25, -0.2) is 9.79 Å². The molecule has 1 aromatic heterocycles. The second-order valence-corrected chi connectivity index (χ2v) is 11.8. The first kappa shape index (κ1) is 29.5. The molecular formula is C33H40N2O4S. The SMILES string of the molecule is CCCC1=C(C(=O)OCC)[C@@H](c2ccc(C(C)C)cc2)n2c(s/c(=C/c3cc(C(C)C)c(OC)cc3C)c2=O)=N1. The van der Waals surface area contributed by atoms with Crippen molar-refractivity contribution in [2.75, 3.05) is 13.7 Å². The fourth-order valence-electron chi connectivity index (χ4n) is 5.14. The maximum absolute atomic E-state index is 14.1. The van der Waals surface area contributed by atoms with Crippen LogP contribution in [0.25, 0.3) is 6.08 Å². The van der Waals surface area contributed by atoms with Crippen LogP contribution in [-0.2, 0) is 9.53 Å². The Morgan fingerprint density at radius 1 is 1.10 bits per heavy atom. The molecule has 3 aromatic rings. The first-order valence-electron chi connectivity index (χ1n) is 14.1. The van der Waals surface area contributed by atoms with Crippen molar-refractivity contribution < 1.29 is 14.3 Å². The van der Waals surface area contributed by atoms with Crippen molar-refractivity contribution in [1.29, 1.82) is 0 Å². The number of carbonyl (C=O) groups is 1. The van der Waals surface area contributed by atoms with E-state index >= 15 is 0 Å². The quantitative estimate of drug-likeness (QED) is 0.295. The maximum atomic E-state index is 14.1. The molecule has 1 aliphatic rings. The van der Waals surface area contributed by atoms with Crippen molar-refractivity contribution in [2.24, 2.45) is 4.99 Å². The molecule has 7 heteroatoms. The summed E-state index contributed by atoms with van der Waals surface area (Å²) in [5.74, 6) is 1.06. The van der Waals surface area contributed by atoms with Gasteiger partial charge in [0.15, 0.2) is 4.80 Å². The van der Waals surface area contributed by atoms with Crippen LogP contribution in [0, 0.1) is 6.92 Å². The number of aryl methyl sites for hydroxylation is 1. The zero-order valence-electron chi connectivity index (χ0n) is 24.8. The van der Waals surface area contributed by atoms with E-state index in [9.17, 15) is 9.59 Å². The number of rotatable bonds is 9. The molecule has 40 heavy (non-hydrogen) atoms. The lowest BCUT2D eigenvalue weighted by atomic mass is 9.92. The topological polar surface area (TPSA) is 69.9 Å². The molecule has 2 aromatic carbocycles. The van der Waals surface area contributed by atoms with Crippen LogP contribution in [0.2, 0.25) is 0 Å². The van der Waals surface area contributed by atoms with Gasteiger partial charge in [-0.05, 0) is 78.1 Å². The van der Waals surface area contributed by atoms with Crippen LogP contribution in [0.5, 0.6) is 5.75 Å². The number of benzene rings is 2. The molecular weight excluding hydrogens is 520 g/mol. The fourth-order valence-corrected chi connectivity index (χ4v) is 6.15. The Balaban J connectivity index is 1.99. The summed E-state index contributed by atoms with van der Waals surface area (Å²) in [7, 11) is 1.68. The molecule has 0 fully saturated rings. The largest absolute Gasteiger partial charge is 0.496 e. The predicted molar refractivity (Wildman–Crippen MR) is 162 cm³/mol. The van der Waals surface area contributed by atoms with Crippen molar-refractivity contribution in [3.8, 4) is 5.75 Å². The van der Waals surface area contributed by atoms with Crippen LogP contribution in [-0.4, -0.2) is 24.3 Å². The van der Waals surface area contributed by atoms with Crippen LogP contribution < -0.4 is 19.6 Å². The smallest absolute Gasteiger partial charge is 0.338 e. The number of fused-ring (bicyclic) bond motifs is 1. The lowest BCUT2D eigenvalue weighted by Crippen LogP contribution is -2.40. The molecule has 0 radical (unpaired) electrons. The lowest BCUT2D eigenvalue weighted by Gasteiger charge is -2.26. The van der Waals surface area contributed by atoms with E-state index in [-0.39, 0.29) is 18.1 Å². The summed E-state index contributed by atoms with van der Waals surface area (Å²) in [6.07, 6.45) is 3.38. The molecule has 0 unspecified atom stereocenters. The van der Waals surface area contributed by atoms with Crippen LogP contribution in [0.1, 0.15) is 100 Å². The maximum Gasteiger partial charge on any atom is 0.338 e. The Morgan fingerprint density at radius 2 is 1.80 bits per heavy atom. The van der Waals surface area contributed by atoms with Gasteiger partial charge >= 0.3 is 5.97 Å². The molecule has 2 heterocycles. The summed E-state index contributed by atoms with van der Waals surface area (Å²) in [6.45, 7) is 14.7. The summed E-state index contributed by atoms with van der Waals surface area (Å²) in [5, 5.41) is 0. The molecule has 4 rings (SSSR count). The van der Waals surface area contributed by atoms with Gasteiger partial charge in [-0.3, -0.25) is 9.36 Å². The average Bonchev–Trinajstić information content (AvgIpc) is 3.23. The molecule has 0 spiro atoms. The van der Waals surface area contributed by atoms with Crippen LogP contribution >= 0.6 is 11.3 Å². The van der Waals surface area contributed by atoms with Crippen molar-refractivity contribution in [1.82, 2.24) is 4.57 Å². The van der Waals surface area contributed by atoms with Crippen molar-refractivity contribution in [3.63, 3.8) is 0 Å². The Hall–Kier alpha value is -3.45. The number of hydrogen-bond acceptors (Lipinski definition) is 6. The molecule has 0 amide bonds. The highest BCUT2D eigenvalue weighted by atomic mass is 32.1. The number of ether oxygens (including phenoxy) is 2. The molecule has 1 aliphatic heterocycles. The lowest BCUT2D eigenvalue weighted by molar-refractivity contribution is -0.139. The van der Waals surface area contributed by atoms with Crippen LogP contribution in [0.4, 0.5) is 0 Å². The molecule has 0 bridgehead atoms. The normalized spacial score (nSPS) is 15.4. The minimum Gasteiger partial charge on any atom is -0.496 e. The number of carbonyl (C=O) groups excluding carboxylic acids is 1. The van der Waals surface area contributed by atoms with Gasteiger partial charge in [0, 0.05) is 0 Å². The summed E-state index contributed by atoms with van der Waals surface area (Å²) in [5.41, 5.74) is 6.11. The summed E-state index contributed by atoms with van der Waals surface area (Å²) in [6, 6.07) is 11.7. The fraction of sp³-hybridized carbons (Fsp3) is 0.424. The summed E-state index contributed by atoms with van der Waals surface area (Å²) < 4.78 is 13.4. The summed E-state index contributed by atoms with van der Waals surface area (Å²) in [4.78, 5) is 33.0. The predicted octanol–water partition coefficient (Wildman–Crippen LogP) is 6.14. The van der Waals surface area contributed by atoms with E-state index < -0.39 is 12.0 Å². The van der Waals surface area contributed by atoms with E-state index in [1.54, 1.807) is 18.6 Å². The molecule has 0 aliphatic carbocycles. The first-order chi connectivity index (χ1) is 19.1. The third-order valence-electron chi connectivity index (χ3n) is 7.34. The molecule has 0 N–H and O–H groups in total. The standard InChI is InChI=1S/C33H40N2O4S/c1-9-11-26-29(32(37)39-10-2)30(23-14-12-22(13-15-23)19(3)4)35-31(36)28(40-33(35)34-26)18-24-17-25(20(5)6)27(38-8)16-21(24)7/h12-20,30H,9-11H2,1-8H3/b28-18+/t30-/m1/s1. The average molecular weight is 561 g/mol. The molecule has 212 valence electrons. The number of aromatic nitrogens is 1. The highest BCUT2D eigenvalue weighted by molar-refractivity contribution is 7.07. The van der Waals surface area contributed by atoms with Gasteiger partial charge in [0.25, 0.3) is 5.56 Å². The number of methoxy groups -OCH3 is 1. The van der Waals surface area contributed by atoms with E-state index in [4.69, 9.17) is 14.5 Å². The number of esters is 1. The third-order valence-corrected chi connectivity index (χ3v) is 8.32. The van der Waals surface area contributed by atoms with Gasteiger partial charge in [-0.2, -0.15) is 0 Å². The van der Waals surface area contributed by atoms with E-state index in [1.807, 2.05) is 31.2 Å².